The minimum atomic E-state index is -0.671. The predicted molar refractivity (Wildman–Crippen MR) is 125 cm³/mol. The van der Waals surface area contributed by atoms with Gasteiger partial charge in [-0.1, -0.05) is 18.1 Å². The van der Waals surface area contributed by atoms with Crippen LogP contribution in [0.1, 0.15) is 57.9 Å². The number of allylic oxidation sites excluding steroid dienone is 2. The largest absolute Gasteiger partial charge is 0.402 e. The van der Waals surface area contributed by atoms with Crippen LogP contribution in [0.4, 0.5) is 5.69 Å². The highest BCUT2D eigenvalue weighted by molar-refractivity contribution is 6.08. The first-order valence-corrected chi connectivity index (χ1v) is 11.3. The van der Waals surface area contributed by atoms with Crippen LogP contribution in [-0.4, -0.2) is 40.7 Å². The molecule has 6 nitrogen and oxygen atoms in total. The van der Waals surface area contributed by atoms with Gasteiger partial charge in [0.2, 0.25) is 0 Å². The lowest BCUT2D eigenvalue weighted by Crippen LogP contribution is -2.36. The summed E-state index contributed by atoms with van der Waals surface area (Å²) in [6.07, 6.45) is 5.19. The topological polar surface area (TPSA) is 87.8 Å². The molecule has 2 aliphatic carbocycles. The van der Waals surface area contributed by atoms with E-state index in [2.05, 4.69) is 29.0 Å². The zero-order valence-corrected chi connectivity index (χ0v) is 19.3. The number of hydrogen-bond donors (Lipinski definition) is 3. The van der Waals surface area contributed by atoms with Crippen LogP contribution in [-0.2, 0) is 16.1 Å². The number of carbonyl (C=O) groups is 1. The van der Waals surface area contributed by atoms with Crippen molar-refractivity contribution >= 4 is 11.6 Å². The van der Waals surface area contributed by atoms with Gasteiger partial charge < -0.3 is 25.8 Å². The molecule has 2 fully saturated rings. The van der Waals surface area contributed by atoms with Gasteiger partial charge >= 0.3 is 0 Å². The Morgan fingerprint density at radius 2 is 1.94 bits per heavy atom. The average Bonchev–Trinajstić information content (AvgIpc) is 3.35. The van der Waals surface area contributed by atoms with Gasteiger partial charge in [-0.05, 0) is 69.6 Å². The average molecular weight is 436 g/mol. The van der Waals surface area contributed by atoms with Gasteiger partial charge in [0.1, 0.15) is 5.70 Å². The van der Waals surface area contributed by atoms with Gasteiger partial charge in [0.25, 0.3) is 5.91 Å². The van der Waals surface area contributed by atoms with E-state index < -0.39 is 5.60 Å². The quantitative estimate of drug-likeness (QED) is 0.596. The van der Waals surface area contributed by atoms with Gasteiger partial charge in [0.15, 0.2) is 0 Å². The van der Waals surface area contributed by atoms with Crippen molar-refractivity contribution in [3.05, 3.63) is 52.4 Å². The molecule has 1 aromatic rings. The number of nitrogens with one attached hydrogen (secondary N) is 1. The molecule has 0 unspecified atom stereocenters. The van der Waals surface area contributed by atoms with Crippen LogP contribution in [0.25, 0.3) is 0 Å². The monoisotopic (exact) mass is 435 g/mol. The molecule has 3 aliphatic rings. The van der Waals surface area contributed by atoms with Crippen molar-refractivity contribution in [2.45, 2.75) is 70.1 Å². The smallest absolute Gasteiger partial charge is 0.258 e. The van der Waals surface area contributed by atoms with E-state index in [4.69, 9.17) is 10.5 Å². The summed E-state index contributed by atoms with van der Waals surface area (Å²) in [5.74, 6) is 6.23. The normalized spacial score (nSPS) is 22.1. The predicted octanol–water partition coefficient (Wildman–Crippen LogP) is 3.43. The summed E-state index contributed by atoms with van der Waals surface area (Å²) in [6.45, 7) is 5.15. The van der Waals surface area contributed by atoms with Gasteiger partial charge in [0.05, 0.1) is 17.8 Å². The molecule has 2 saturated carbocycles. The molecule has 0 saturated heterocycles. The third kappa shape index (κ3) is 4.55. The molecule has 4 N–H and O–H groups in total. The first-order chi connectivity index (χ1) is 15.2. The molecule has 0 radical (unpaired) electrons. The van der Waals surface area contributed by atoms with Gasteiger partial charge in [-0.15, -0.1) is 0 Å². The van der Waals surface area contributed by atoms with Crippen LogP contribution in [0.3, 0.4) is 0 Å². The lowest BCUT2D eigenvalue weighted by Gasteiger charge is -2.34. The summed E-state index contributed by atoms with van der Waals surface area (Å²) in [6, 6.07) is 7.62. The van der Waals surface area contributed by atoms with Crippen molar-refractivity contribution in [3.8, 4) is 11.8 Å². The molecule has 1 aliphatic heterocycles. The Morgan fingerprint density at radius 3 is 2.47 bits per heavy atom. The Morgan fingerprint density at radius 1 is 1.25 bits per heavy atom. The van der Waals surface area contributed by atoms with Crippen molar-refractivity contribution in [1.29, 1.82) is 0 Å². The van der Waals surface area contributed by atoms with E-state index in [-0.39, 0.29) is 11.4 Å². The van der Waals surface area contributed by atoms with Gasteiger partial charge in [0, 0.05) is 42.6 Å². The number of anilines is 1. The van der Waals surface area contributed by atoms with Crippen LogP contribution < -0.4 is 11.1 Å². The molecule has 0 aromatic heterocycles. The maximum absolute atomic E-state index is 13.4. The fourth-order valence-corrected chi connectivity index (χ4v) is 4.30. The number of methoxy groups -OCH3 is 1. The van der Waals surface area contributed by atoms with Crippen molar-refractivity contribution < 1.29 is 14.6 Å². The summed E-state index contributed by atoms with van der Waals surface area (Å²) in [5.41, 5.74) is 10.0. The van der Waals surface area contributed by atoms with Crippen LogP contribution in [0, 0.1) is 11.8 Å². The molecular formula is C26H33N3O3. The maximum atomic E-state index is 13.4. The standard InChI is InChI=1S/C26H33N3O3/c1-18(27)21-16-29(25(2)14-15-25)22(6-4-11-26(31)12-5-13-26)23(21)24(30)28-20-9-7-19(8-10-20)17-32-3/h7-10,31H,5,11-17,27H2,1-3H3,(H,28,30)/b21-18-. The second-order valence-electron chi connectivity index (χ2n) is 9.61. The number of amides is 1. The van der Waals surface area contributed by atoms with E-state index in [1.54, 1.807) is 7.11 Å². The minimum absolute atomic E-state index is 0.00190. The zero-order valence-electron chi connectivity index (χ0n) is 19.3. The van der Waals surface area contributed by atoms with Crippen LogP contribution in [0.5, 0.6) is 0 Å². The molecule has 1 heterocycles. The second-order valence-corrected chi connectivity index (χ2v) is 9.61. The highest BCUT2D eigenvalue weighted by Crippen LogP contribution is 2.47. The molecule has 0 atom stereocenters. The number of ether oxygens (including phenoxy) is 1. The maximum Gasteiger partial charge on any atom is 0.258 e. The molecule has 0 spiro atoms. The lowest BCUT2D eigenvalue weighted by molar-refractivity contribution is -0.112. The summed E-state index contributed by atoms with van der Waals surface area (Å²) < 4.78 is 5.15. The molecule has 170 valence electrons. The molecule has 4 rings (SSSR count). The van der Waals surface area contributed by atoms with Crippen molar-refractivity contribution in [1.82, 2.24) is 4.90 Å². The number of nitrogens with two attached hydrogens (primary N) is 1. The summed E-state index contributed by atoms with van der Waals surface area (Å²) >= 11 is 0. The van der Waals surface area contributed by atoms with E-state index in [1.807, 2.05) is 31.2 Å². The van der Waals surface area contributed by atoms with E-state index >= 15 is 0 Å². The summed E-state index contributed by atoms with van der Waals surface area (Å²) in [4.78, 5) is 15.7. The van der Waals surface area contributed by atoms with E-state index in [1.165, 1.54) is 0 Å². The highest BCUT2D eigenvalue weighted by atomic mass is 16.5. The van der Waals surface area contributed by atoms with E-state index in [0.717, 1.165) is 48.9 Å². The summed E-state index contributed by atoms with van der Waals surface area (Å²) in [7, 11) is 1.66. The first kappa shape index (κ1) is 22.4. The minimum Gasteiger partial charge on any atom is -0.402 e. The van der Waals surface area contributed by atoms with Crippen molar-refractivity contribution in [2.75, 3.05) is 19.0 Å². The Kier molecular flexibility index (Phi) is 6.07. The number of carbonyl (C=O) groups excluding carboxylic acids is 1. The van der Waals surface area contributed by atoms with Crippen molar-refractivity contribution in [3.63, 3.8) is 0 Å². The number of aliphatic hydroxyl groups is 1. The highest BCUT2D eigenvalue weighted by Gasteiger charge is 2.48. The lowest BCUT2D eigenvalue weighted by atomic mass is 9.78. The number of hydrogen-bond acceptors (Lipinski definition) is 5. The van der Waals surface area contributed by atoms with Crippen molar-refractivity contribution in [2.24, 2.45) is 5.73 Å². The fraction of sp³-hybridized carbons (Fsp3) is 0.500. The summed E-state index contributed by atoms with van der Waals surface area (Å²) in [5, 5.41) is 13.5. The Labute approximate surface area is 190 Å². The third-order valence-corrected chi connectivity index (χ3v) is 6.88. The molecule has 6 heteroatoms. The Hall–Kier alpha value is -2.75. The Balaban J connectivity index is 1.66. The fourth-order valence-electron chi connectivity index (χ4n) is 4.30. The zero-order chi connectivity index (χ0) is 22.9. The van der Waals surface area contributed by atoms with Gasteiger partial charge in [-0.25, -0.2) is 0 Å². The third-order valence-electron chi connectivity index (χ3n) is 6.88. The molecule has 1 amide bonds. The number of rotatable bonds is 6. The molecule has 1 aromatic carbocycles. The van der Waals surface area contributed by atoms with Crippen LogP contribution >= 0.6 is 0 Å². The van der Waals surface area contributed by atoms with E-state index in [0.29, 0.717) is 36.5 Å². The second kappa shape index (κ2) is 8.65. The van der Waals surface area contributed by atoms with Gasteiger partial charge in [-0.2, -0.15) is 0 Å². The number of nitrogens with zero attached hydrogens (tertiary/aromatic N) is 1. The number of benzene rings is 1. The molecule has 0 bridgehead atoms. The molecule has 32 heavy (non-hydrogen) atoms. The van der Waals surface area contributed by atoms with Gasteiger partial charge in [-0.3, -0.25) is 4.79 Å². The Bertz CT molecular complexity index is 1010. The SMILES string of the molecule is COCc1ccc(NC(=O)C2=C(C#CCC3(O)CCC3)N(C3(C)CC3)C/C2=C(\C)N)cc1. The molecular weight excluding hydrogens is 402 g/mol. The van der Waals surface area contributed by atoms with Crippen LogP contribution in [0.2, 0.25) is 0 Å². The van der Waals surface area contributed by atoms with Crippen LogP contribution in [0.15, 0.2) is 46.8 Å². The first-order valence-electron chi connectivity index (χ1n) is 11.3. The van der Waals surface area contributed by atoms with E-state index in [9.17, 15) is 9.90 Å².